The molecule has 3 unspecified atom stereocenters. The third kappa shape index (κ3) is 4.38. The largest absolute Gasteiger partial charge is 0.508 e. The van der Waals surface area contributed by atoms with Crippen molar-refractivity contribution < 1.29 is 9.50 Å². The van der Waals surface area contributed by atoms with Crippen LogP contribution < -0.4 is 15.1 Å². The molecule has 8 heteroatoms. The molecule has 44 heavy (non-hydrogen) atoms. The SMILES string of the molecule is C#Cc1cccc2cc(O)cc(N3CCc4c(nc(C#CC56CCCN5C[C@H](F)C6)c(C#N)c4N4CC5CCC(C4)N5)C3)c12. The maximum absolute atomic E-state index is 14.5. The number of rotatable bonds is 2. The average molecular weight is 587 g/mol. The smallest absolute Gasteiger partial charge is 0.133 e. The van der Waals surface area contributed by atoms with Crippen LogP contribution >= 0.6 is 0 Å². The van der Waals surface area contributed by atoms with Crippen LogP contribution in [0.4, 0.5) is 15.8 Å². The van der Waals surface area contributed by atoms with Gasteiger partial charge in [0.1, 0.15) is 29.2 Å². The summed E-state index contributed by atoms with van der Waals surface area (Å²) in [4.78, 5) is 11.9. The van der Waals surface area contributed by atoms with Crippen LogP contribution in [0.25, 0.3) is 10.8 Å². The van der Waals surface area contributed by atoms with Crippen LogP contribution in [0.5, 0.6) is 5.75 Å². The fourth-order valence-corrected chi connectivity index (χ4v) is 8.52. The first kappa shape index (κ1) is 27.3. The first-order chi connectivity index (χ1) is 21.4. The number of halogens is 1. The number of phenols is 1. The van der Waals surface area contributed by atoms with Crippen LogP contribution in [0.2, 0.25) is 0 Å². The summed E-state index contributed by atoms with van der Waals surface area (Å²) in [5.74, 6) is 9.81. The zero-order chi connectivity index (χ0) is 30.0. The van der Waals surface area contributed by atoms with Gasteiger partial charge in [-0.25, -0.2) is 9.37 Å². The van der Waals surface area contributed by atoms with Crippen LogP contribution in [0.1, 0.15) is 60.2 Å². The van der Waals surface area contributed by atoms with E-state index in [1.165, 1.54) is 0 Å². The van der Waals surface area contributed by atoms with Crippen LogP contribution in [0.15, 0.2) is 30.3 Å². The molecule has 4 atom stereocenters. The van der Waals surface area contributed by atoms with Gasteiger partial charge in [0, 0.05) is 73.0 Å². The average Bonchev–Trinajstić information content (AvgIpc) is 3.68. The lowest BCUT2D eigenvalue weighted by Gasteiger charge is -2.39. The summed E-state index contributed by atoms with van der Waals surface area (Å²) in [5, 5.41) is 26.8. The predicted molar refractivity (Wildman–Crippen MR) is 169 cm³/mol. The molecule has 2 aromatic carbocycles. The van der Waals surface area contributed by atoms with Crippen molar-refractivity contribution in [3.63, 3.8) is 0 Å². The fourth-order valence-electron chi connectivity index (χ4n) is 8.52. The minimum absolute atomic E-state index is 0.187. The number of nitrogens with one attached hydrogen (secondary N) is 1. The van der Waals surface area contributed by atoms with Crippen molar-refractivity contribution in [2.75, 3.05) is 42.5 Å². The van der Waals surface area contributed by atoms with Crippen LogP contribution in [0.3, 0.4) is 0 Å². The molecule has 0 aliphatic carbocycles. The highest BCUT2D eigenvalue weighted by Crippen LogP contribution is 2.42. The molecule has 0 amide bonds. The molecule has 5 aliphatic heterocycles. The van der Waals surface area contributed by atoms with Gasteiger partial charge in [-0.2, -0.15) is 5.26 Å². The maximum Gasteiger partial charge on any atom is 0.133 e. The number of nitrogens with zero attached hydrogens (tertiary/aromatic N) is 5. The second-order valence-corrected chi connectivity index (χ2v) is 13.1. The number of aromatic nitrogens is 1. The molecule has 1 aromatic heterocycles. The number of pyridine rings is 1. The summed E-state index contributed by atoms with van der Waals surface area (Å²) < 4.78 is 14.5. The summed E-state index contributed by atoms with van der Waals surface area (Å²) in [6, 6.07) is 12.7. The highest BCUT2D eigenvalue weighted by Gasteiger charge is 2.48. The van der Waals surface area contributed by atoms with E-state index in [4.69, 9.17) is 11.4 Å². The lowest BCUT2D eigenvalue weighted by atomic mass is 9.92. The number of nitriles is 1. The number of benzene rings is 2. The Balaban J connectivity index is 1.26. The molecule has 0 saturated carbocycles. The summed E-state index contributed by atoms with van der Waals surface area (Å²) in [7, 11) is 0. The Morgan fingerprint density at radius 3 is 2.75 bits per heavy atom. The molecule has 5 aliphatic rings. The Labute approximate surface area is 257 Å². The molecule has 2 bridgehead atoms. The topological polar surface area (TPSA) is 78.7 Å². The lowest BCUT2D eigenvalue weighted by molar-refractivity contribution is 0.255. The third-order valence-corrected chi connectivity index (χ3v) is 10.4. The standard InChI is InChI=1S/C36H35FN6O/c1-2-23-5-3-6-24-15-28(44)16-33(34(23)24)41-14-10-29-32(22-41)40-31(9-12-36-11-4-13-43(36)19-25(37)17-36)30(18-38)35(29)42-20-26-7-8-27(21-42)39-26/h1,3,5-6,15-16,25-27,39,44H,4,7-8,10-11,13-14,17,19-22H2/t25-,26?,27?,36?/m1/s1. The van der Waals surface area contributed by atoms with Gasteiger partial charge in [-0.3, -0.25) is 4.90 Å². The van der Waals surface area contributed by atoms with E-state index in [1.807, 2.05) is 18.2 Å². The van der Waals surface area contributed by atoms with E-state index >= 15 is 0 Å². The van der Waals surface area contributed by atoms with E-state index < -0.39 is 11.7 Å². The van der Waals surface area contributed by atoms with Crippen molar-refractivity contribution in [3.05, 3.63) is 58.4 Å². The fraction of sp³-hybridized carbons (Fsp3) is 0.444. The quantitative estimate of drug-likeness (QED) is 0.436. The van der Waals surface area contributed by atoms with E-state index in [9.17, 15) is 14.8 Å². The lowest BCUT2D eigenvalue weighted by Crippen LogP contribution is -2.52. The molecule has 6 heterocycles. The van der Waals surface area contributed by atoms with Crippen LogP contribution in [-0.4, -0.2) is 71.5 Å². The molecule has 0 radical (unpaired) electrons. The number of piperazine rings is 1. The van der Waals surface area contributed by atoms with Crippen molar-refractivity contribution in [2.24, 2.45) is 0 Å². The molecule has 2 N–H and O–H groups in total. The number of fused-ring (bicyclic) bond motifs is 5. The molecule has 4 fully saturated rings. The Kier molecular flexibility index (Phi) is 6.45. The summed E-state index contributed by atoms with van der Waals surface area (Å²) in [5.41, 5.74) is 5.18. The molecular formula is C36H35FN6O. The van der Waals surface area contributed by atoms with Gasteiger partial charge in [0.15, 0.2) is 0 Å². The summed E-state index contributed by atoms with van der Waals surface area (Å²) in [6.45, 7) is 4.19. The van der Waals surface area contributed by atoms with Gasteiger partial charge in [0.25, 0.3) is 0 Å². The molecule has 4 saturated heterocycles. The van der Waals surface area contributed by atoms with Gasteiger partial charge in [0.2, 0.25) is 0 Å². The van der Waals surface area contributed by atoms with Crippen LogP contribution in [-0.2, 0) is 13.0 Å². The Hall–Kier alpha value is -4.29. The van der Waals surface area contributed by atoms with Crippen molar-refractivity contribution in [3.8, 4) is 36.0 Å². The minimum atomic E-state index is -0.873. The number of phenolic OH excluding ortho intramolecular Hbond substituents is 1. The number of anilines is 2. The number of aromatic hydroxyl groups is 1. The number of hydrogen-bond acceptors (Lipinski definition) is 7. The van der Waals surface area contributed by atoms with E-state index in [0.29, 0.717) is 55.8 Å². The van der Waals surface area contributed by atoms with Gasteiger partial charge < -0.3 is 20.2 Å². The predicted octanol–water partition coefficient (Wildman–Crippen LogP) is 4.22. The van der Waals surface area contributed by atoms with Gasteiger partial charge in [-0.15, -0.1) is 6.42 Å². The first-order valence-electron chi connectivity index (χ1n) is 15.8. The van der Waals surface area contributed by atoms with Crippen LogP contribution in [0, 0.1) is 35.5 Å². The second kappa shape index (κ2) is 10.4. The van der Waals surface area contributed by atoms with E-state index in [2.05, 4.69) is 43.8 Å². The Morgan fingerprint density at radius 2 is 1.95 bits per heavy atom. The molecule has 8 rings (SSSR count). The molecule has 0 spiro atoms. The second-order valence-electron chi connectivity index (χ2n) is 13.1. The maximum atomic E-state index is 14.5. The Bertz CT molecular complexity index is 1820. The summed E-state index contributed by atoms with van der Waals surface area (Å²) >= 11 is 0. The van der Waals surface area contributed by atoms with E-state index in [-0.39, 0.29) is 5.75 Å². The number of hydrogen-bond donors (Lipinski definition) is 2. The number of terminal acetylenes is 1. The van der Waals surface area contributed by atoms with Crippen molar-refractivity contribution in [1.82, 2.24) is 15.2 Å². The monoisotopic (exact) mass is 586 g/mol. The Morgan fingerprint density at radius 1 is 1.11 bits per heavy atom. The van der Waals surface area contributed by atoms with Gasteiger partial charge in [0.05, 0.1) is 23.5 Å². The zero-order valence-corrected chi connectivity index (χ0v) is 24.7. The van der Waals surface area contributed by atoms with Crippen molar-refractivity contribution in [2.45, 2.75) is 68.9 Å². The van der Waals surface area contributed by atoms with Gasteiger partial charge >= 0.3 is 0 Å². The normalized spacial score (nSPS) is 27.4. The third-order valence-electron chi connectivity index (χ3n) is 10.4. The van der Waals surface area contributed by atoms with Gasteiger partial charge in [-0.1, -0.05) is 24.0 Å². The number of alkyl halides is 1. The first-order valence-corrected chi connectivity index (χ1v) is 15.8. The highest BCUT2D eigenvalue weighted by molar-refractivity contribution is 6.00. The van der Waals surface area contributed by atoms with Crippen molar-refractivity contribution in [1.29, 1.82) is 5.26 Å². The van der Waals surface area contributed by atoms with Gasteiger partial charge in [-0.05, 0) is 62.1 Å². The van der Waals surface area contributed by atoms with Crippen molar-refractivity contribution >= 4 is 22.1 Å². The minimum Gasteiger partial charge on any atom is -0.508 e. The zero-order valence-electron chi connectivity index (χ0n) is 24.7. The molecule has 222 valence electrons. The highest BCUT2D eigenvalue weighted by atomic mass is 19.1. The van der Waals surface area contributed by atoms with E-state index in [1.54, 1.807) is 12.1 Å². The molecular weight excluding hydrogens is 551 g/mol. The van der Waals surface area contributed by atoms with E-state index in [0.717, 1.165) is 84.3 Å². The summed E-state index contributed by atoms with van der Waals surface area (Å²) in [6.07, 6.45) is 10.3. The molecule has 7 nitrogen and oxygen atoms in total. The molecule has 3 aromatic rings.